The molecule has 0 unspecified atom stereocenters. The average molecular weight is 489 g/mol. The molecule has 0 saturated carbocycles. The fraction of sp³-hybridized carbons (Fsp3) is 0.156. The maximum atomic E-state index is 13.8. The van der Waals surface area contributed by atoms with Crippen LogP contribution in [0.2, 0.25) is 0 Å². The van der Waals surface area contributed by atoms with Crippen molar-refractivity contribution in [3.8, 4) is 6.07 Å². The van der Waals surface area contributed by atoms with Crippen molar-refractivity contribution in [2.45, 2.75) is 24.3 Å². The van der Waals surface area contributed by atoms with Gasteiger partial charge < -0.3 is 10.1 Å². The van der Waals surface area contributed by atoms with Gasteiger partial charge in [-0.15, -0.1) is 0 Å². The number of carbonyl (C=O) groups is 2. The van der Waals surface area contributed by atoms with Crippen molar-refractivity contribution in [1.29, 1.82) is 5.26 Å². The predicted molar refractivity (Wildman–Crippen MR) is 143 cm³/mol. The third kappa shape index (κ3) is 5.76. The highest BCUT2D eigenvalue weighted by Crippen LogP contribution is 2.42. The van der Waals surface area contributed by atoms with Crippen molar-refractivity contribution in [3.63, 3.8) is 0 Å². The molecule has 0 fully saturated rings. The molecule has 184 valence electrons. The summed E-state index contributed by atoms with van der Waals surface area (Å²) in [7, 11) is 1.30. The highest BCUT2D eigenvalue weighted by atomic mass is 16.5. The third-order valence-electron chi connectivity index (χ3n) is 6.54. The van der Waals surface area contributed by atoms with Crippen LogP contribution in [-0.2, 0) is 26.2 Å². The molecule has 37 heavy (non-hydrogen) atoms. The van der Waals surface area contributed by atoms with Gasteiger partial charge in [0.2, 0.25) is 5.91 Å². The molecule has 0 radical (unpaired) electrons. The van der Waals surface area contributed by atoms with Crippen LogP contribution < -0.4 is 5.32 Å². The van der Waals surface area contributed by atoms with Gasteiger partial charge in [0.1, 0.15) is 6.04 Å². The Kier molecular flexibility index (Phi) is 8.12. The van der Waals surface area contributed by atoms with E-state index in [1.54, 1.807) is 18.2 Å². The SMILES string of the molecule is COC(=O)[C@H](Cc1cccc(C#N)c1)NC(=O)CC(c1ccccc1)(c1ccccc1)c1ccccc1. The number of carbonyl (C=O) groups excluding carboxylic acids is 2. The Bertz CT molecular complexity index is 1280. The summed E-state index contributed by atoms with van der Waals surface area (Å²) in [6.07, 6.45) is 0.291. The molecule has 0 aliphatic carbocycles. The number of hydrogen-bond acceptors (Lipinski definition) is 4. The number of hydrogen-bond donors (Lipinski definition) is 1. The van der Waals surface area contributed by atoms with E-state index in [2.05, 4.69) is 11.4 Å². The number of amides is 1. The number of methoxy groups -OCH3 is 1. The number of nitrogens with zero attached hydrogens (tertiary/aromatic N) is 1. The van der Waals surface area contributed by atoms with Gasteiger partial charge >= 0.3 is 5.97 Å². The lowest BCUT2D eigenvalue weighted by atomic mass is 9.67. The molecule has 4 aromatic carbocycles. The number of nitrogens with one attached hydrogen (secondary N) is 1. The molecule has 0 aromatic heterocycles. The summed E-state index contributed by atoms with van der Waals surface area (Å²) < 4.78 is 5.01. The standard InChI is InChI=1S/C32H28N2O3/c1-37-31(36)29(21-24-12-11-13-25(20-24)23-33)34-30(35)22-32(26-14-5-2-6-15-26,27-16-7-3-8-17-27)28-18-9-4-10-19-28/h2-20,29H,21-22H2,1H3,(H,34,35)/t29-/m0/s1. The Balaban J connectivity index is 1.73. The van der Waals surface area contributed by atoms with Gasteiger partial charge in [-0.2, -0.15) is 5.26 Å². The number of benzene rings is 4. The largest absolute Gasteiger partial charge is 0.467 e. The summed E-state index contributed by atoms with van der Waals surface area (Å²) in [5.41, 5.74) is 3.38. The van der Waals surface area contributed by atoms with Gasteiger partial charge in [0.15, 0.2) is 0 Å². The molecule has 1 N–H and O–H groups in total. The zero-order valence-corrected chi connectivity index (χ0v) is 20.6. The first kappa shape index (κ1) is 25.4. The van der Waals surface area contributed by atoms with Crippen molar-refractivity contribution >= 4 is 11.9 Å². The minimum atomic E-state index is -0.897. The molecule has 4 aromatic rings. The van der Waals surface area contributed by atoms with E-state index in [-0.39, 0.29) is 18.7 Å². The van der Waals surface area contributed by atoms with E-state index in [0.29, 0.717) is 5.56 Å². The highest BCUT2D eigenvalue weighted by molar-refractivity contribution is 5.86. The molecule has 0 heterocycles. The summed E-state index contributed by atoms with van der Waals surface area (Å²) in [6.45, 7) is 0. The Morgan fingerprint density at radius 1 is 0.811 bits per heavy atom. The van der Waals surface area contributed by atoms with Crippen LogP contribution in [0.5, 0.6) is 0 Å². The fourth-order valence-electron chi connectivity index (χ4n) is 4.80. The van der Waals surface area contributed by atoms with E-state index in [9.17, 15) is 14.9 Å². The lowest BCUT2D eigenvalue weighted by Crippen LogP contribution is -2.46. The van der Waals surface area contributed by atoms with Crippen LogP contribution in [-0.4, -0.2) is 25.0 Å². The summed E-state index contributed by atoms with van der Waals surface area (Å²) in [6, 6.07) is 38.0. The Hall–Kier alpha value is -4.69. The van der Waals surface area contributed by atoms with E-state index in [1.165, 1.54) is 7.11 Å². The molecule has 4 rings (SSSR count). The number of nitriles is 1. The van der Waals surface area contributed by atoms with E-state index < -0.39 is 17.4 Å². The van der Waals surface area contributed by atoms with Crippen molar-refractivity contribution in [3.05, 3.63) is 143 Å². The van der Waals surface area contributed by atoms with E-state index in [1.807, 2.05) is 97.1 Å². The van der Waals surface area contributed by atoms with Gasteiger partial charge in [0, 0.05) is 12.8 Å². The predicted octanol–water partition coefficient (Wildman–Crippen LogP) is 5.18. The first-order chi connectivity index (χ1) is 18.1. The number of rotatable bonds is 9. The molecule has 0 aliphatic rings. The highest BCUT2D eigenvalue weighted by Gasteiger charge is 2.39. The smallest absolute Gasteiger partial charge is 0.328 e. The average Bonchev–Trinajstić information content (AvgIpc) is 2.96. The normalized spacial score (nSPS) is 11.7. The molecular formula is C32H28N2O3. The Morgan fingerprint density at radius 2 is 1.32 bits per heavy atom. The van der Waals surface area contributed by atoms with Crippen LogP contribution in [0.15, 0.2) is 115 Å². The minimum Gasteiger partial charge on any atom is -0.467 e. The lowest BCUT2D eigenvalue weighted by Gasteiger charge is -2.36. The summed E-state index contributed by atoms with van der Waals surface area (Å²) in [5.74, 6) is -0.830. The first-order valence-electron chi connectivity index (χ1n) is 12.1. The molecule has 0 saturated heterocycles. The summed E-state index contributed by atoms with van der Waals surface area (Å²) in [4.78, 5) is 26.4. The zero-order valence-electron chi connectivity index (χ0n) is 20.6. The summed E-state index contributed by atoms with van der Waals surface area (Å²) in [5, 5.41) is 12.2. The third-order valence-corrected chi connectivity index (χ3v) is 6.54. The van der Waals surface area contributed by atoms with Crippen molar-refractivity contribution in [2.24, 2.45) is 0 Å². The second-order valence-electron chi connectivity index (χ2n) is 8.84. The first-order valence-corrected chi connectivity index (χ1v) is 12.1. The maximum Gasteiger partial charge on any atom is 0.328 e. The molecule has 1 atom stereocenters. The molecule has 0 bridgehead atoms. The van der Waals surface area contributed by atoms with Gasteiger partial charge in [0.05, 0.1) is 24.2 Å². The van der Waals surface area contributed by atoms with E-state index in [0.717, 1.165) is 22.3 Å². The molecule has 0 spiro atoms. The van der Waals surface area contributed by atoms with Gasteiger partial charge in [-0.25, -0.2) is 4.79 Å². The Morgan fingerprint density at radius 3 is 1.78 bits per heavy atom. The summed E-state index contributed by atoms with van der Waals surface area (Å²) >= 11 is 0. The molecule has 1 amide bonds. The topological polar surface area (TPSA) is 79.2 Å². The lowest BCUT2D eigenvalue weighted by molar-refractivity contribution is -0.145. The molecular weight excluding hydrogens is 460 g/mol. The number of esters is 1. The fourth-order valence-corrected chi connectivity index (χ4v) is 4.80. The Labute approximate surface area is 217 Å². The zero-order chi connectivity index (χ0) is 26.1. The second kappa shape index (κ2) is 11.8. The van der Waals surface area contributed by atoms with Gasteiger partial charge in [0.25, 0.3) is 0 Å². The van der Waals surface area contributed by atoms with Crippen LogP contribution in [0, 0.1) is 11.3 Å². The van der Waals surface area contributed by atoms with E-state index >= 15 is 0 Å². The van der Waals surface area contributed by atoms with E-state index in [4.69, 9.17) is 4.74 Å². The molecule has 5 nitrogen and oxygen atoms in total. The molecule has 5 heteroatoms. The second-order valence-corrected chi connectivity index (χ2v) is 8.84. The van der Waals surface area contributed by atoms with Gasteiger partial charge in [-0.05, 0) is 34.4 Å². The number of ether oxygens (including phenoxy) is 1. The maximum absolute atomic E-state index is 13.8. The van der Waals surface area contributed by atoms with Gasteiger partial charge in [-0.1, -0.05) is 103 Å². The monoisotopic (exact) mass is 488 g/mol. The van der Waals surface area contributed by atoms with Crippen LogP contribution in [0.4, 0.5) is 0 Å². The van der Waals surface area contributed by atoms with Crippen molar-refractivity contribution in [2.75, 3.05) is 7.11 Å². The van der Waals surface area contributed by atoms with Gasteiger partial charge in [-0.3, -0.25) is 4.79 Å². The van der Waals surface area contributed by atoms with Crippen LogP contribution in [0.25, 0.3) is 0 Å². The van der Waals surface area contributed by atoms with Crippen LogP contribution in [0.3, 0.4) is 0 Å². The quantitative estimate of drug-likeness (QED) is 0.260. The van der Waals surface area contributed by atoms with Crippen molar-refractivity contribution in [1.82, 2.24) is 5.32 Å². The molecule has 0 aliphatic heterocycles. The minimum absolute atomic E-state index is 0.0801. The van der Waals surface area contributed by atoms with Crippen molar-refractivity contribution < 1.29 is 14.3 Å². The van der Waals surface area contributed by atoms with Crippen LogP contribution in [0.1, 0.15) is 34.2 Å². The van der Waals surface area contributed by atoms with Crippen LogP contribution >= 0.6 is 0 Å².